The van der Waals surface area contributed by atoms with E-state index in [2.05, 4.69) is 5.32 Å². The number of thioether (sulfide) groups is 1. The Bertz CT molecular complexity index is 674. The highest BCUT2D eigenvalue weighted by Crippen LogP contribution is 2.22. The standard InChI is InChI=1S/C15H13NO3S2/c1-20-12-5-3-11(4-6-12)16-15(19)14-10(8-9-21-14)2-7-13(17)18/h2-9H,1H3,(H,16,19)(H,17,18). The van der Waals surface area contributed by atoms with Crippen molar-refractivity contribution in [2.75, 3.05) is 11.6 Å². The maximum absolute atomic E-state index is 12.2. The van der Waals surface area contributed by atoms with Crippen LogP contribution in [0.15, 0.2) is 46.7 Å². The van der Waals surface area contributed by atoms with Crippen LogP contribution in [0.5, 0.6) is 0 Å². The van der Waals surface area contributed by atoms with E-state index in [0.717, 1.165) is 11.0 Å². The summed E-state index contributed by atoms with van der Waals surface area (Å²) >= 11 is 2.91. The number of carbonyl (C=O) groups excluding carboxylic acids is 1. The van der Waals surface area contributed by atoms with E-state index in [-0.39, 0.29) is 5.91 Å². The molecule has 0 fully saturated rings. The minimum absolute atomic E-state index is 0.244. The molecule has 0 saturated carbocycles. The van der Waals surface area contributed by atoms with Gasteiger partial charge in [-0.05, 0) is 53.6 Å². The van der Waals surface area contributed by atoms with Gasteiger partial charge in [-0.15, -0.1) is 23.1 Å². The number of rotatable bonds is 5. The molecule has 0 radical (unpaired) electrons. The number of aliphatic carboxylic acids is 1. The summed E-state index contributed by atoms with van der Waals surface area (Å²) in [6.45, 7) is 0. The molecule has 2 aromatic rings. The van der Waals surface area contributed by atoms with Gasteiger partial charge in [-0.2, -0.15) is 0 Å². The zero-order valence-corrected chi connectivity index (χ0v) is 12.8. The van der Waals surface area contributed by atoms with Crippen LogP contribution in [0.4, 0.5) is 5.69 Å². The van der Waals surface area contributed by atoms with Gasteiger partial charge in [0.15, 0.2) is 0 Å². The first-order valence-electron chi connectivity index (χ1n) is 6.04. The summed E-state index contributed by atoms with van der Waals surface area (Å²) in [4.78, 5) is 24.4. The fourth-order valence-corrected chi connectivity index (χ4v) is 2.85. The molecule has 1 heterocycles. The van der Waals surface area contributed by atoms with Gasteiger partial charge in [0.25, 0.3) is 5.91 Å². The number of anilines is 1. The molecule has 108 valence electrons. The molecule has 1 amide bonds. The van der Waals surface area contributed by atoms with Crippen molar-refractivity contribution < 1.29 is 14.7 Å². The smallest absolute Gasteiger partial charge is 0.328 e. The van der Waals surface area contributed by atoms with Crippen LogP contribution in [0.1, 0.15) is 15.2 Å². The zero-order valence-electron chi connectivity index (χ0n) is 11.2. The largest absolute Gasteiger partial charge is 0.478 e. The van der Waals surface area contributed by atoms with Crippen molar-refractivity contribution >= 4 is 46.7 Å². The Morgan fingerprint density at radius 1 is 1.24 bits per heavy atom. The molecule has 1 aromatic heterocycles. The zero-order chi connectivity index (χ0) is 15.2. The third-order valence-corrected chi connectivity index (χ3v) is 4.33. The number of hydrogen-bond donors (Lipinski definition) is 2. The van der Waals surface area contributed by atoms with Crippen molar-refractivity contribution in [3.63, 3.8) is 0 Å². The lowest BCUT2D eigenvalue weighted by Crippen LogP contribution is -2.11. The average Bonchev–Trinajstić information content (AvgIpc) is 2.94. The number of amides is 1. The number of carbonyl (C=O) groups is 2. The molecular weight excluding hydrogens is 306 g/mol. The molecule has 0 aliphatic rings. The highest BCUT2D eigenvalue weighted by Gasteiger charge is 2.12. The lowest BCUT2D eigenvalue weighted by atomic mass is 10.2. The van der Waals surface area contributed by atoms with E-state index in [4.69, 9.17) is 5.11 Å². The number of carboxylic acids is 1. The fourth-order valence-electron chi connectivity index (χ4n) is 1.66. The minimum atomic E-state index is -1.04. The van der Waals surface area contributed by atoms with E-state index in [1.165, 1.54) is 17.4 Å². The molecule has 6 heteroatoms. The van der Waals surface area contributed by atoms with Crippen LogP contribution in [0, 0.1) is 0 Å². The average molecular weight is 319 g/mol. The molecule has 0 aliphatic carbocycles. The molecule has 0 spiro atoms. The highest BCUT2D eigenvalue weighted by atomic mass is 32.2. The maximum Gasteiger partial charge on any atom is 0.328 e. The van der Waals surface area contributed by atoms with Crippen molar-refractivity contribution in [2.24, 2.45) is 0 Å². The predicted octanol–water partition coefficient (Wildman–Crippen LogP) is 3.82. The predicted molar refractivity (Wildman–Crippen MR) is 87.2 cm³/mol. The van der Waals surface area contributed by atoms with E-state index < -0.39 is 5.97 Å². The van der Waals surface area contributed by atoms with Gasteiger partial charge in [-0.25, -0.2) is 4.79 Å². The summed E-state index contributed by atoms with van der Waals surface area (Å²) < 4.78 is 0. The number of carboxylic acid groups (broad SMARTS) is 1. The fraction of sp³-hybridized carbons (Fsp3) is 0.0667. The summed E-state index contributed by atoms with van der Waals surface area (Å²) in [5.41, 5.74) is 1.31. The van der Waals surface area contributed by atoms with Gasteiger partial charge in [0, 0.05) is 16.7 Å². The van der Waals surface area contributed by atoms with Crippen molar-refractivity contribution in [3.8, 4) is 0 Å². The summed E-state index contributed by atoms with van der Waals surface area (Å²) in [7, 11) is 0. The normalized spacial score (nSPS) is 10.7. The first-order valence-corrected chi connectivity index (χ1v) is 8.14. The van der Waals surface area contributed by atoms with Gasteiger partial charge in [0.1, 0.15) is 0 Å². The molecule has 0 aliphatic heterocycles. The number of thiophene rings is 1. The van der Waals surface area contributed by atoms with Gasteiger partial charge >= 0.3 is 5.97 Å². The SMILES string of the molecule is CSc1ccc(NC(=O)c2sccc2C=CC(=O)O)cc1. The van der Waals surface area contributed by atoms with Gasteiger partial charge in [-0.1, -0.05) is 0 Å². The van der Waals surface area contributed by atoms with Gasteiger partial charge in [0.05, 0.1) is 4.88 Å². The molecule has 0 saturated heterocycles. The van der Waals surface area contributed by atoms with Crippen LogP contribution in [0.3, 0.4) is 0 Å². The van der Waals surface area contributed by atoms with Crippen LogP contribution in [0.2, 0.25) is 0 Å². The third kappa shape index (κ3) is 4.21. The molecule has 4 nitrogen and oxygen atoms in total. The lowest BCUT2D eigenvalue weighted by molar-refractivity contribution is -0.131. The van der Waals surface area contributed by atoms with Crippen LogP contribution in [-0.2, 0) is 4.79 Å². The topological polar surface area (TPSA) is 66.4 Å². The molecule has 0 unspecified atom stereocenters. The lowest BCUT2D eigenvalue weighted by Gasteiger charge is -2.05. The summed E-state index contributed by atoms with van der Waals surface area (Å²) in [6, 6.07) is 9.25. The Balaban J connectivity index is 2.13. The number of nitrogens with one attached hydrogen (secondary N) is 1. The van der Waals surface area contributed by atoms with Crippen LogP contribution in [0.25, 0.3) is 6.08 Å². The second kappa shape index (κ2) is 7.10. The first kappa shape index (κ1) is 15.3. The third-order valence-electron chi connectivity index (χ3n) is 2.66. The second-order valence-corrected chi connectivity index (χ2v) is 5.86. The van der Waals surface area contributed by atoms with E-state index in [9.17, 15) is 9.59 Å². The molecule has 2 N–H and O–H groups in total. The Labute approximate surface area is 130 Å². The summed E-state index contributed by atoms with van der Waals surface area (Å²) in [5, 5.41) is 13.2. The molecule has 0 bridgehead atoms. The molecule has 2 rings (SSSR count). The number of hydrogen-bond acceptors (Lipinski definition) is 4. The monoisotopic (exact) mass is 319 g/mol. The first-order chi connectivity index (χ1) is 10.1. The van der Waals surface area contributed by atoms with Crippen molar-refractivity contribution in [1.29, 1.82) is 0 Å². The van der Waals surface area contributed by atoms with Crippen molar-refractivity contribution in [3.05, 3.63) is 52.2 Å². The Morgan fingerprint density at radius 3 is 2.57 bits per heavy atom. The van der Waals surface area contributed by atoms with E-state index in [0.29, 0.717) is 16.1 Å². The van der Waals surface area contributed by atoms with Gasteiger partial charge in [0.2, 0.25) is 0 Å². The minimum Gasteiger partial charge on any atom is -0.478 e. The van der Waals surface area contributed by atoms with Gasteiger partial charge in [-0.3, -0.25) is 4.79 Å². The molecule has 1 aromatic carbocycles. The van der Waals surface area contributed by atoms with Crippen LogP contribution >= 0.6 is 23.1 Å². The quantitative estimate of drug-likeness (QED) is 0.649. The van der Waals surface area contributed by atoms with E-state index in [1.54, 1.807) is 23.2 Å². The number of benzene rings is 1. The Kier molecular flexibility index (Phi) is 5.19. The van der Waals surface area contributed by atoms with Crippen molar-refractivity contribution in [2.45, 2.75) is 4.90 Å². The highest BCUT2D eigenvalue weighted by molar-refractivity contribution is 7.98. The summed E-state index contributed by atoms with van der Waals surface area (Å²) in [5.74, 6) is -1.29. The van der Waals surface area contributed by atoms with Crippen molar-refractivity contribution in [1.82, 2.24) is 0 Å². The molecular formula is C15H13NO3S2. The summed E-state index contributed by atoms with van der Waals surface area (Å²) in [6.07, 6.45) is 4.43. The van der Waals surface area contributed by atoms with Crippen LogP contribution < -0.4 is 5.32 Å². The van der Waals surface area contributed by atoms with Gasteiger partial charge < -0.3 is 10.4 Å². The van der Waals surface area contributed by atoms with E-state index >= 15 is 0 Å². The Morgan fingerprint density at radius 2 is 1.95 bits per heavy atom. The molecule has 0 atom stereocenters. The van der Waals surface area contributed by atoms with E-state index in [1.807, 2.05) is 30.5 Å². The molecule has 21 heavy (non-hydrogen) atoms. The second-order valence-electron chi connectivity index (χ2n) is 4.06. The maximum atomic E-state index is 12.2. The van der Waals surface area contributed by atoms with Crippen LogP contribution in [-0.4, -0.2) is 23.2 Å². The Hall–Kier alpha value is -2.05.